The van der Waals surface area contributed by atoms with Crippen molar-refractivity contribution in [1.82, 2.24) is 4.98 Å². The minimum absolute atomic E-state index is 0.269. The molecule has 0 saturated heterocycles. The van der Waals surface area contributed by atoms with E-state index in [0.717, 1.165) is 10.8 Å². The number of carbonyl (C=O) groups is 1. The quantitative estimate of drug-likeness (QED) is 0.769. The van der Waals surface area contributed by atoms with E-state index in [4.69, 9.17) is 0 Å². The monoisotopic (exact) mass is 266 g/mol. The number of rotatable bonds is 2. The number of fused-ring (bicyclic) bond motifs is 1. The standard InChI is InChI=1S/C16H11FN2O/c17-13-6-4-11(5-7-13)16(20)19-15-3-1-2-12-10-18-9-8-14(12)15/h1-10H,(H,19,20). The molecule has 0 radical (unpaired) electrons. The Morgan fingerprint density at radius 2 is 1.85 bits per heavy atom. The molecule has 0 aliphatic carbocycles. The lowest BCUT2D eigenvalue weighted by molar-refractivity contribution is 0.102. The summed E-state index contributed by atoms with van der Waals surface area (Å²) in [5.41, 5.74) is 1.12. The van der Waals surface area contributed by atoms with Gasteiger partial charge in [0.25, 0.3) is 5.91 Å². The maximum Gasteiger partial charge on any atom is 0.255 e. The second kappa shape index (κ2) is 5.09. The summed E-state index contributed by atoms with van der Waals surface area (Å²) < 4.78 is 12.8. The Labute approximate surface area is 115 Å². The minimum Gasteiger partial charge on any atom is -0.321 e. The summed E-state index contributed by atoms with van der Waals surface area (Å²) in [5.74, 6) is -0.632. The Hall–Kier alpha value is -2.75. The van der Waals surface area contributed by atoms with E-state index in [-0.39, 0.29) is 11.7 Å². The van der Waals surface area contributed by atoms with E-state index in [1.165, 1.54) is 24.3 Å². The summed E-state index contributed by atoms with van der Waals surface area (Å²) in [5, 5.41) is 4.69. The number of hydrogen-bond acceptors (Lipinski definition) is 2. The highest BCUT2D eigenvalue weighted by molar-refractivity contribution is 6.08. The fraction of sp³-hybridized carbons (Fsp3) is 0. The van der Waals surface area contributed by atoms with Crippen LogP contribution in [0.2, 0.25) is 0 Å². The number of pyridine rings is 1. The molecule has 0 fully saturated rings. The van der Waals surface area contributed by atoms with Crippen LogP contribution in [-0.2, 0) is 0 Å². The average Bonchev–Trinajstić information content (AvgIpc) is 2.48. The van der Waals surface area contributed by atoms with E-state index in [0.29, 0.717) is 11.3 Å². The number of benzene rings is 2. The van der Waals surface area contributed by atoms with E-state index in [2.05, 4.69) is 10.3 Å². The first kappa shape index (κ1) is 12.3. The average molecular weight is 266 g/mol. The zero-order chi connectivity index (χ0) is 13.9. The predicted molar refractivity (Wildman–Crippen MR) is 76.1 cm³/mol. The highest BCUT2D eigenvalue weighted by Gasteiger charge is 2.08. The second-order valence-electron chi connectivity index (χ2n) is 4.36. The lowest BCUT2D eigenvalue weighted by atomic mass is 10.1. The van der Waals surface area contributed by atoms with Gasteiger partial charge in [-0.2, -0.15) is 0 Å². The first-order valence-corrected chi connectivity index (χ1v) is 6.14. The molecule has 1 amide bonds. The van der Waals surface area contributed by atoms with Crippen molar-refractivity contribution in [2.45, 2.75) is 0 Å². The molecule has 3 rings (SSSR count). The zero-order valence-electron chi connectivity index (χ0n) is 10.5. The van der Waals surface area contributed by atoms with Gasteiger partial charge < -0.3 is 5.32 Å². The van der Waals surface area contributed by atoms with Crippen molar-refractivity contribution < 1.29 is 9.18 Å². The van der Waals surface area contributed by atoms with Crippen LogP contribution < -0.4 is 5.32 Å². The Balaban J connectivity index is 1.93. The molecule has 0 aliphatic rings. The minimum atomic E-state index is -0.363. The Bertz CT molecular complexity index is 764. The predicted octanol–water partition coefficient (Wildman–Crippen LogP) is 3.63. The highest BCUT2D eigenvalue weighted by Crippen LogP contribution is 2.22. The molecule has 3 aromatic rings. The van der Waals surface area contributed by atoms with Crippen LogP contribution in [0.3, 0.4) is 0 Å². The van der Waals surface area contributed by atoms with Gasteiger partial charge in [-0.25, -0.2) is 4.39 Å². The fourth-order valence-corrected chi connectivity index (χ4v) is 2.03. The molecule has 0 spiro atoms. The van der Waals surface area contributed by atoms with Crippen LogP contribution in [0.1, 0.15) is 10.4 Å². The first-order valence-electron chi connectivity index (χ1n) is 6.14. The number of amides is 1. The number of nitrogens with zero attached hydrogens (tertiary/aromatic N) is 1. The molecule has 0 unspecified atom stereocenters. The lowest BCUT2D eigenvalue weighted by Gasteiger charge is -2.08. The van der Waals surface area contributed by atoms with E-state index < -0.39 is 0 Å². The number of nitrogens with one attached hydrogen (secondary N) is 1. The summed E-state index contributed by atoms with van der Waals surface area (Å²) in [6.07, 6.45) is 3.42. The summed E-state index contributed by atoms with van der Waals surface area (Å²) in [7, 11) is 0. The molecule has 1 aromatic heterocycles. The van der Waals surface area contributed by atoms with Gasteiger partial charge >= 0.3 is 0 Å². The van der Waals surface area contributed by atoms with Gasteiger partial charge in [-0.15, -0.1) is 0 Å². The van der Waals surface area contributed by atoms with E-state index in [1.54, 1.807) is 12.4 Å². The van der Waals surface area contributed by atoms with Gasteiger partial charge in [-0.05, 0) is 36.4 Å². The van der Waals surface area contributed by atoms with E-state index in [9.17, 15) is 9.18 Å². The summed E-state index contributed by atoms with van der Waals surface area (Å²) in [6, 6.07) is 12.9. The van der Waals surface area contributed by atoms with Crippen molar-refractivity contribution in [2.75, 3.05) is 5.32 Å². The Kier molecular flexibility index (Phi) is 3.13. The molecular formula is C16H11FN2O. The topological polar surface area (TPSA) is 42.0 Å². The lowest BCUT2D eigenvalue weighted by Crippen LogP contribution is -2.12. The summed E-state index contributed by atoms with van der Waals surface area (Å²) in [6.45, 7) is 0. The van der Waals surface area contributed by atoms with Crippen molar-refractivity contribution in [1.29, 1.82) is 0 Å². The maximum atomic E-state index is 12.8. The molecule has 20 heavy (non-hydrogen) atoms. The number of carbonyl (C=O) groups excluding carboxylic acids is 1. The molecular weight excluding hydrogens is 255 g/mol. The van der Waals surface area contributed by atoms with Gasteiger partial charge in [0, 0.05) is 34.4 Å². The van der Waals surface area contributed by atoms with Gasteiger partial charge in [0.1, 0.15) is 5.82 Å². The molecule has 4 heteroatoms. The van der Waals surface area contributed by atoms with Crippen LogP contribution in [-0.4, -0.2) is 10.9 Å². The van der Waals surface area contributed by atoms with E-state index in [1.807, 2.05) is 24.3 Å². The largest absolute Gasteiger partial charge is 0.321 e. The Morgan fingerprint density at radius 3 is 2.65 bits per heavy atom. The number of anilines is 1. The van der Waals surface area contributed by atoms with Gasteiger partial charge in [0.2, 0.25) is 0 Å². The third-order valence-electron chi connectivity index (χ3n) is 3.04. The third-order valence-corrected chi connectivity index (χ3v) is 3.04. The molecule has 98 valence electrons. The van der Waals surface area contributed by atoms with Gasteiger partial charge in [-0.3, -0.25) is 9.78 Å². The van der Waals surface area contributed by atoms with Gasteiger partial charge in [0.05, 0.1) is 0 Å². The molecule has 0 atom stereocenters. The smallest absolute Gasteiger partial charge is 0.255 e. The van der Waals surface area contributed by atoms with Crippen LogP contribution in [0.5, 0.6) is 0 Å². The molecule has 0 saturated carbocycles. The zero-order valence-corrected chi connectivity index (χ0v) is 10.5. The van der Waals surface area contributed by atoms with Crippen molar-refractivity contribution >= 4 is 22.4 Å². The van der Waals surface area contributed by atoms with Crippen molar-refractivity contribution in [2.24, 2.45) is 0 Å². The maximum absolute atomic E-state index is 12.8. The molecule has 1 N–H and O–H groups in total. The summed E-state index contributed by atoms with van der Waals surface area (Å²) >= 11 is 0. The van der Waals surface area contributed by atoms with Gasteiger partial charge in [0.15, 0.2) is 0 Å². The van der Waals surface area contributed by atoms with Crippen LogP contribution >= 0.6 is 0 Å². The number of halogens is 1. The molecule has 2 aromatic carbocycles. The molecule has 3 nitrogen and oxygen atoms in total. The first-order chi connectivity index (χ1) is 9.74. The number of aromatic nitrogens is 1. The van der Waals surface area contributed by atoms with Crippen LogP contribution in [0.4, 0.5) is 10.1 Å². The number of hydrogen-bond donors (Lipinski definition) is 1. The second-order valence-corrected chi connectivity index (χ2v) is 4.36. The van der Waals surface area contributed by atoms with Crippen molar-refractivity contribution in [3.05, 3.63) is 72.3 Å². The van der Waals surface area contributed by atoms with Crippen molar-refractivity contribution in [3.8, 4) is 0 Å². The van der Waals surface area contributed by atoms with Gasteiger partial charge in [-0.1, -0.05) is 12.1 Å². The molecule has 1 heterocycles. The van der Waals surface area contributed by atoms with Crippen LogP contribution in [0.15, 0.2) is 60.9 Å². The third kappa shape index (κ3) is 2.36. The molecule has 0 bridgehead atoms. The fourth-order valence-electron chi connectivity index (χ4n) is 2.03. The van der Waals surface area contributed by atoms with Crippen LogP contribution in [0.25, 0.3) is 10.8 Å². The SMILES string of the molecule is O=C(Nc1cccc2cnccc12)c1ccc(F)cc1. The van der Waals surface area contributed by atoms with Crippen LogP contribution in [0, 0.1) is 5.82 Å². The molecule has 0 aliphatic heterocycles. The van der Waals surface area contributed by atoms with Crippen molar-refractivity contribution in [3.63, 3.8) is 0 Å². The summed E-state index contributed by atoms with van der Waals surface area (Å²) in [4.78, 5) is 16.2. The normalized spacial score (nSPS) is 10.4. The van der Waals surface area contributed by atoms with E-state index >= 15 is 0 Å². The Morgan fingerprint density at radius 1 is 1.05 bits per heavy atom. The highest BCUT2D eigenvalue weighted by atomic mass is 19.1.